The van der Waals surface area contributed by atoms with Crippen LogP contribution in [0.15, 0.2) is 0 Å². The van der Waals surface area contributed by atoms with Crippen LogP contribution in [0.2, 0.25) is 0 Å². The number of carbonyl (C=O) groups is 1. The summed E-state index contributed by atoms with van der Waals surface area (Å²) in [5.41, 5.74) is 1.01. The van der Waals surface area contributed by atoms with Crippen molar-refractivity contribution in [1.29, 1.82) is 0 Å². The highest BCUT2D eigenvalue weighted by atomic mass is 32.2. The van der Waals surface area contributed by atoms with Crippen molar-refractivity contribution in [3.05, 3.63) is 11.3 Å². The number of aryl methyl sites for hydroxylation is 1. The summed E-state index contributed by atoms with van der Waals surface area (Å²) in [4.78, 5) is 11.7. The van der Waals surface area contributed by atoms with Crippen LogP contribution >= 0.6 is 11.5 Å². The van der Waals surface area contributed by atoms with E-state index >= 15 is 0 Å². The number of hydrogen-bond acceptors (Lipinski definition) is 7. The first-order chi connectivity index (χ1) is 8.85. The van der Waals surface area contributed by atoms with E-state index in [4.69, 9.17) is 4.74 Å². The molecule has 0 aromatic carbocycles. The molecule has 0 aliphatic carbocycles. The van der Waals surface area contributed by atoms with Gasteiger partial charge in [-0.2, -0.15) is 4.37 Å². The van der Waals surface area contributed by atoms with Gasteiger partial charge in [0.15, 0.2) is 0 Å². The molecule has 0 aliphatic heterocycles. The normalized spacial score (nSPS) is 11.3. The fraction of sp³-hybridized carbons (Fsp3) is 0.600. The molecule has 1 heterocycles. The minimum absolute atomic E-state index is 0.234. The summed E-state index contributed by atoms with van der Waals surface area (Å²) in [5.74, 6) is -0.424. The van der Waals surface area contributed by atoms with Gasteiger partial charge in [-0.05, 0) is 25.4 Å². The second-order valence-corrected chi connectivity index (χ2v) is 6.39. The Morgan fingerprint density at radius 2 is 2.11 bits per heavy atom. The van der Waals surface area contributed by atoms with Gasteiger partial charge < -0.3 is 10.1 Å². The number of nitrogens with zero attached hydrogens (tertiary/aromatic N) is 1. The van der Waals surface area contributed by atoms with E-state index in [2.05, 4.69) is 14.4 Å². The first-order valence-corrected chi connectivity index (χ1v) is 8.33. The molecule has 0 aliphatic rings. The molecule has 0 saturated carbocycles. The van der Waals surface area contributed by atoms with Gasteiger partial charge in [0, 0.05) is 13.1 Å². The lowest BCUT2D eigenvalue weighted by Gasteiger charge is -2.07. The van der Waals surface area contributed by atoms with Crippen LogP contribution in [0.25, 0.3) is 0 Å². The van der Waals surface area contributed by atoms with Crippen LogP contribution in [0.4, 0.5) is 5.00 Å². The van der Waals surface area contributed by atoms with E-state index in [0.29, 0.717) is 29.4 Å². The highest BCUT2D eigenvalue weighted by molar-refractivity contribution is 7.88. The van der Waals surface area contributed by atoms with Crippen molar-refractivity contribution >= 4 is 32.5 Å². The molecule has 0 unspecified atom stereocenters. The standard InChI is InChI=1S/C10H17N3O4S2/c1-4-17-10(14)8-7(2)13-18-9(8)11-5-6-12-19(3,15)16/h11-12H,4-6H2,1-3H3. The van der Waals surface area contributed by atoms with Crippen molar-refractivity contribution in [3.8, 4) is 0 Å². The molecule has 0 radical (unpaired) electrons. The third-order valence-electron chi connectivity index (χ3n) is 2.12. The zero-order valence-electron chi connectivity index (χ0n) is 11.0. The summed E-state index contributed by atoms with van der Waals surface area (Å²) in [7, 11) is -3.20. The maximum atomic E-state index is 11.7. The van der Waals surface area contributed by atoms with Gasteiger partial charge in [-0.15, -0.1) is 0 Å². The number of esters is 1. The van der Waals surface area contributed by atoms with Gasteiger partial charge in [0.05, 0.1) is 18.6 Å². The number of hydrogen-bond donors (Lipinski definition) is 2. The predicted octanol–water partition coefficient (Wildman–Crippen LogP) is 0.589. The molecule has 0 bridgehead atoms. The van der Waals surface area contributed by atoms with Crippen molar-refractivity contribution in [2.75, 3.05) is 31.3 Å². The number of aromatic nitrogens is 1. The summed E-state index contributed by atoms with van der Waals surface area (Å²) in [5, 5.41) is 3.56. The highest BCUT2D eigenvalue weighted by Gasteiger charge is 2.19. The Labute approximate surface area is 116 Å². The molecule has 108 valence electrons. The summed E-state index contributed by atoms with van der Waals surface area (Å²) < 4.78 is 33.2. The minimum Gasteiger partial charge on any atom is -0.462 e. The smallest absolute Gasteiger partial charge is 0.343 e. The number of ether oxygens (including phenoxy) is 1. The van der Waals surface area contributed by atoms with E-state index in [1.807, 2.05) is 0 Å². The lowest BCUT2D eigenvalue weighted by molar-refractivity contribution is 0.0527. The second-order valence-electron chi connectivity index (χ2n) is 3.79. The summed E-state index contributed by atoms with van der Waals surface area (Å²) in [6, 6.07) is 0. The molecule has 1 aromatic heterocycles. The lowest BCUT2D eigenvalue weighted by atomic mass is 10.2. The molecule has 0 atom stereocenters. The van der Waals surface area contributed by atoms with E-state index in [0.717, 1.165) is 17.8 Å². The first kappa shape index (κ1) is 15.9. The van der Waals surface area contributed by atoms with Crippen LogP contribution in [0, 0.1) is 6.92 Å². The molecule has 19 heavy (non-hydrogen) atoms. The van der Waals surface area contributed by atoms with E-state index in [1.54, 1.807) is 13.8 Å². The van der Waals surface area contributed by atoms with Crippen molar-refractivity contribution in [2.24, 2.45) is 0 Å². The van der Waals surface area contributed by atoms with Crippen LogP contribution in [0.5, 0.6) is 0 Å². The predicted molar refractivity (Wildman–Crippen MR) is 74.1 cm³/mol. The maximum Gasteiger partial charge on any atom is 0.343 e. The molecule has 1 rings (SSSR count). The van der Waals surface area contributed by atoms with Gasteiger partial charge in [-0.25, -0.2) is 17.9 Å². The van der Waals surface area contributed by atoms with Crippen molar-refractivity contribution < 1.29 is 17.9 Å². The molecule has 1 aromatic rings. The highest BCUT2D eigenvalue weighted by Crippen LogP contribution is 2.24. The van der Waals surface area contributed by atoms with Crippen molar-refractivity contribution in [3.63, 3.8) is 0 Å². The summed E-state index contributed by atoms with van der Waals surface area (Å²) >= 11 is 1.15. The molecule has 0 spiro atoms. The van der Waals surface area contributed by atoms with Crippen molar-refractivity contribution in [1.82, 2.24) is 9.10 Å². The summed E-state index contributed by atoms with van der Waals surface area (Å²) in [6.45, 7) is 4.35. The van der Waals surface area contributed by atoms with E-state index in [9.17, 15) is 13.2 Å². The molecule has 9 heteroatoms. The fourth-order valence-corrected chi connectivity index (χ4v) is 2.63. The molecule has 0 saturated heterocycles. The van der Waals surface area contributed by atoms with Gasteiger partial charge >= 0.3 is 5.97 Å². The Kier molecular flexibility index (Phi) is 5.70. The second kappa shape index (κ2) is 6.83. The van der Waals surface area contributed by atoms with E-state index < -0.39 is 16.0 Å². The van der Waals surface area contributed by atoms with Crippen LogP contribution in [-0.4, -0.2) is 44.7 Å². The maximum absolute atomic E-state index is 11.7. The average Bonchev–Trinajstić information content (AvgIpc) is 2.65. The molecule has 0 fully saturated rings. The van der Waals surface area contributed by atoms with Gasteiger partial charge in [-0.3, -0.25) is 0 Å². The SMILES string of the molecule is CCOC(=O)c1c(C)nsc1NCCNS(C)(=O)=O. The molecular formula is C10H17N3O4S2. The molecular weight excluding hydrogens is 290 g/mol. The third-order valence-corrected chi connectivity index (χ3v) is 3.74. The van der Waals surface area contributed by atoms with Gasteiger partial charge in [0.1, 0.15) is 10.6 Å². The van der Waals surface area contributed by atoms with Crippen LogP contribution in [-0.2, 0) is 14.8 Å². The Balaban J connectivity index is 2.62. The Hall–Kier alpha value is -1.19. The van der Waals surface area contributed by atoms with Crippen molar-refractivity contribution in [2.45, 2.75) is 13.8 Å². The van der Waals surface area contributed by atoms with Crippen LogP contribution < -0.4 is 10.0 Å². The average molecular weight is 307 g/mol. The minimum atomic E-state index is -3.20. The zero-order valence-corrected chi connectivity index (χ0v) is 12.7. The number of carbonyl (C=O) groups excluding carboxylic acids is 1. The number of nitrogens with one attached hydrogen (secondary N) is 2. The number of rotatable bonds is 7. The Bertz CT molecular complexity index is 539. The van der Waals surface area contributed by atoms with Gasteiger partial charge in [-0.1, -0.05) is 0 Å². The summed E-state index contributed by atoms with van der Waals surface area (Å²) in [6.07, 6.45) is 1.09. The molecule has 2 N–H and O–H groups in total. The third kappa shape index (κ3) is 5.13. The Morgan fingerprint density at radius 3 is 2.68 bits per heavy atom. The van der Waals surface area contributed by atoms with Gasteiger partial charge in [0.25, 0.3) is 0 Å². The first-order valence-electron chi connectivity index (χ1n) is 5.67. The Morgan fingerprint density at radius 1 is 1.42 bits per heavy atom. The number of sulfonamides is 1. The lowest BCUT2D eigenvalue weighted by Crippen LogP contribution is -2.27. The molecule has 7 nitrogen and oxygen atoms in total. The quantitative estimate of drug-likeness (QED) is 0.565. The topological polar surface area (TPSA) is 97.4 Å². The monoisotopic (exact) mass is 307 g/mol. The fourth-order valence-electron chi connectivity index (χ4n) is 1.35. The zero-order chi connectivity index (χ0) is 14.5. The van der Waals surface area contributed by atoms with E-state index in [1.165, 1.54) is 0 Å². The van der Waals surface area contributed by atoms with E-state index in [-0.39, 0.29) is 6.54 Å². The van der Waals surface area contributed by atoms with Gasteiger partial charge in [0.2, 0.25) is 10.0 Å². The van der Waals surface area contributed by atoms with Crippen LogP contribution in [0.1, 0.15) is 23.0 Å². The largest absolute Gasteiger partial charge is 0.462 e. The molecule has 0 amide bonds. The van der Waals surface area contributed by atoms with Crippen LogP contribution in [0.3, 0.4) is 0 Å². The number of anilines is 1.